The third kappa shape index (κ3) is 2.61. The molecule has 0 aliphatic rings. The number of anilines is 2. The molecule has 0 aliphatic carbocycles. The van der Waals surface area contributed by atoms with E-state index in [0.29, 0.717) is 22.5 Å². The Hall–Kier alpha value is -1.65. The first-order chi connectivity index (χ1) is 10.0. The molecule has 3 aromatic rings. The molecule has 3 rings (SSSR count). The molecule has 0 unspecified atom stereocenters. The highest BCUT2D eigenvalue weighted by atomic mass is 32.2. The standard InChI is InChI=1S/C11H13N5O2S3/c1-3-12-8-9(16-4-5-19-11(16)14-8)21(17,18)15-10-13-7(2)6-20-10/h4-6,12H,3H2,1-2H3,(H,13,15). The molecule has 3 heterocycles. The summed E-state index contributed by atoms with van der Waals surface area (Å²) in [7, 11) is -3.76. The fourth-order valence-electron chi connectivity index (χ4n) is 1.87. The maximum atomic E-state index is 12.6. The van der Waals surface area contributed by atoms with Crippen LogP contribution in [-0.2, 0) is 10.0 Å². The van der Waals surface area contributed by atoms with Crippen LogP contribution in [0.1, 0.15) is 12.6 Å². The van der Waals surface area contributed by atoms with E-state index in [1.807, 2.05) is 13.8 Å². The van der Waals surface area contributed by atoms with Crippen LogP contribution in [0.15, 0.2) is 22.0 Å². The topological polar surface area (TPSA) is 88.4 Å². The summed E-state index contributed by atoms with van der Waals surface area (Å²) >= 11 is 2.63. The monoisotopic (exact) mass is 343 g/mol. The van der Waals surface area contributed by atoms with Gasteiger partial charge in [-0.1, -0.05) is 0 Å². The quantitative estimate of drug-likeness (QED) is 0.742. The Bertz CT molecular complexity index is 877. The smallest absolute Gasteiger partial charge is 0.283 e. The molecule has 10 heteroatoms. The summed E-state index contributed by atoms with van der Waals surface area (Å²) in [5, 5.41) is 7.03. The Labute approximate surface area is 129 Å². The first-order valence-electron chi connectivity index (χ1n) is 6.15. The molecule has 0 amide bonds. The van der Waals surface area contributed by atoms with Crippen LogP contribution in [0.3, 0.4) is 0 Å². The second-order valence-electron chi connectivity index (χ2n) is 4.25. The predicted molar refractivity (Wildman–Crippen MR) is 84.9 cm³/mol. The van der Waals surface area contributed by atoms with Crippen molar-refractivity contribution < 1.29 is 8.42 Å². The van der Waals surface area contributed by atoms with Gasteiger partial charge in [0.1, 0.15) is 0 Å². The van der Waals surface area contributed by atoms with Gasteiger partial charge in [-0.25, -0.2) is 9.97 Å². The van der Waals surface area contributed by atoms with Gasteiger partial charge >= 0.3 is 0 Å². The van der Waals surface area contributed by atoms with Crippen molar-refractivity contribution in [3.63, 3.8) is 0 Å². The van der Waals surface area contributed by atoms with Crippen LogP contribution in [0.5, 0.6) is 0 Å². The van der Waals surface area contributed by atoms with E-state index >= 15 is 0 Å². The third-order valence-corrected chi connectivity index (χ3v) is 5.78. The summed E-state index contributed by atoms with van der Waals surface area (Å²) in [4.78, 5) is 9.07. The molecule has 0 spiro atoms. The van der Waals surface area contributed by atoms with Gasteiger partial charge in [-0.3, -0.25) is 9.12 Å². The number of rotatable bonds is 5. The Morgan fingerprint density at radius 3 is 2.81 bits per heavy atom. The molecule has 112 valence electrons. The number of aromatic nitrogens is 3. The molecule has 0 saturated heterocycles. The van der Waals surface area contributed by atoms with Crippen molar-refractivity contribution in [2.75, 3.05) is 16.6 Å². The molecule has 3 aromatic heterocycles. The first kappa shape index (κ1) is 14.3. The number of hydrogen-bond acceptors (Lipinski definition) is 7. The molecule has 7 nitrogen and oxygen atoms in total. The molecular formula is C11H13N5O2S3. The number of hydrogen-bond donors (Lipinski definition) is 2. The lowest BCUT2D eigenvalue weighted by molar-refractivity contribution is 0.597. The van der Waals surface area contributed by atoms with E-state index in [1.54, 1.807) is 21.4 Å². The zero-order valence-corrected chi connectivity index (χ0v) is 13.8. The number of nitrogens with zero attached hydrogens (tertiary/aromatic N) is 3. The molecule has 2 N–H and O–H groups in total. The van der Waals surface area contributed by atoms with Crippen molar-refractivity contribution in [3.8, 4) is 0 Å². The van der Waals surface area contributed by atoms with E-state index in [1.165, 1.54) is 22.7 Å². The number of fused-ring (bicyclic) bond motifs is 1. The number of nitrogens with one attached hydrogen (secondary N) is 2. The summed E-state index contributed by atoms with van der Waals surface area (Å²) in [5.74, 6) is 0.352. The zero-order valence-electron chi connectivity index (χ0n) is 11.3. The van der Waals surface area contributed by atoms with Crippen molar-refractivity contribution in [2.24, 2.45) is 0 Å². The second-order valence-corrected chi connectivity index (χ2v) is 7.58. The first-order valence-corrected chi connectivity index (χ1v) is 9.40. The van der Waals surface area contributed by atoms with Crippen molar-refractivity contribution >= 4 is 48.6 Å². The fraction of sp³-hybridized carbons (Fsp3) is 0.273. The largest absolute Gasteiger partial charge is 0.368 e. The van der Waals surface area contributed by atoms with Gasteiger partial charge in [0.25, 0.3) is 10.0 Å². The van der Waals surface area contributed by atoms with Crippen LogP contribution in [0.25, 0.3) is 4.96 Å². The Kier molecular flexibility index (Phi) is 3.59. The van der Waals surface area contributed by atoms with E-state index in [0.717, 1.165) is 5.69 Å². The van der Waals surface area contributed by atoms with E-state index in [9.17, 15) is 8.42 Å². The Morgan fingerprint density at radius 1 is 1.33 bits per heavy atom. The summed E-state index contributed by atoms with van der Waals surface area (Å²) < 4.78 is 29.3. The van der Waals surface area contributed by atoms with Crippen LogP contribution in [0, 0.1) is 6.92 Å². The summed E-state index contributed by atoms with van der Waals surface area (Å²) in [6.45, 7) is 4.29. The minimum atomic E-state index is -3.76. The molecule has 0 radical (unpaired) electrons. The predicted octanol–water partition coefficient (Wildman–Crippen LogP) is 2.39. The molecule has 0 bridgehead atoms. The van der Waals surface area contributed by atoms with Crippen molar-refractivity contribution in [2.45, 2.75) is 18.9 Å². The molecule has 0 fully saturated rings. The SMILES string of the molecule is CCNc1nc2sccn2c1S(=O)(=O)Nc1nc(C)cs1. The van der Waals surface area contributed by atoms with Gasteiger partial charge < -0.3 is 5.32 Å². The number of sulfonamides is 1. The molecular weight excluding hydrogens is 330 g/mol. The molecule has 0 saturated carbocycles. The lowest BCUT2D eigenvalue weighted by Crippen LogP contribution is -2.17. The normalized spacial score (nSPS) is 11.9. The van der Waals surface area contributed by atoms with Crippen molar-refractivity contribution in [1.29, 1.82) is 0 Å². The number of thiazole rings is 2. The minimum Gasteiger partial charge on any atom is -0.368 e. The van der Waals surface area contributed by atoms with Crippen molar-refractivity contribution in [1.82, 2.24) is 14.4 Å². The van der Waals surface area contributed by atoms with Crippen molar-refractivity contribution in [3.05, 3.63) is 22.7 Å². The van der Waals surface area contributed by atoms with Gasteiger partial charge in [0.2, 0.25) is 5.03 Å². The summed E-state index contributed by atoms with van der Waals surface area (Å²) in [5.41, 5.74) is 0.776. The molecule has 0 atom stereocenters. The number of imidazole rings is 1. The van der Waals surface area contributed by atoms with Gasteiger partial charge in [0.15, 0.2) is 15.9 Å². The van der Waals surface area contributed by atoms with Gasteiger partial charge in [-0.15, -0.1) is 22.7 Å². The highest BCUT2D eigenvalue weighted by Gasteiger charge is 2.26. The minimum absolute atomic E-state index is 0.105. The maximum absolute atomic E-state index is 12.6. The van der Waals surface area contributed by atoms with Crippen LogP contribution >= 0.6 is 22.7 Å². The molecule has 21 heavy (non-hydrogen) atoms. The fourth-order valence-corrected chi connectivity index (χ4v) is 4.84. The summed E-state index contributed by atoms with van der Waals surface area (Å²) in [6.07, 6.45) is 1.69. The van der Waals surface area contributed by atoms with Crippen LogP contribution in [-0.4, -0.2) is 29.3 Å². The lowest BCUT2D eigenvalue weighted by Gasteiger charge is -2.07. The zero-order chi connectivity index (χ0) is 15.0. The van der Waals surface area contributed by atoms with Crippen LogP contribution in [0.4, 0.5) is 10.9 Å². The van der Waals surface area contributed by atoms with Crippen LogP contribution < -0.4 is 10.0 Å². The highest BCUT2D eigenvalue weighted by Crippen LogP contribution is 2.28. The molecule has 0 aromatic carbocycles. The number of aryl methyl sites for hydroxylation is 1. The van der Waals surface area contributed by atoms with Gasteiger partial charge in [-0.05, 0) is 13.8 Å². The lowest BCUT2D eigenvalue weighted by atomic mass is 10.6. The molecule has 0 aliphatic heterocycles. The third-order valence-electron chi connectivity index (χ3n) is 2.66. The van der Waals surface area contributed by atoms with Gasteiger partial charge in [-0.2, -0.15) is 8.42 Å². The highest BCUT2D eigenvalue weighted by molar-refractivity contribution is 7.93. The van der Waals surface area contributed by atoms with E-state index in [2.05, 4.69) is 20.0 Å². The maximum Gasteiger partial charge on any atom is 0.283 e. The average Bonchev–Trinajstić information content (AvgIpc) is 3.05. The Morgan fingerprint density at radius 2 is 2.14 bits per heavy atom. The van der Waals surface area contributed by atoms with E-state index in [-0.39, 0.29) is 5.03 Å². The Balaban J connectivity index is 2.08. The van der Waals surface area contributed by atoms with E-state index < -0.39 is 10.0 Å². The van der Waals surface area contributed by atoms with Gasteiger partial charge in [0.05, 0.1) is 5.69 Å². The van der Waals surface area contributed by atoms with Gasteiger partial charge in [0, 0.05) is 23.5 Å². The average molecular weight is 343 g/mol. The van der Waals surface area contributed by atoms with E-state index in [4.69, 9.17) is 0 Å². The second kappa shape index (κ2) is 5.28. The van der Waals surface area contributed by atoms with Crippen LogP contribution in [0.2, 0.25) is 0 Å². The summed E-state index contributed by atoms with van der Waals surface area (Å²) in [6, 6.07) is 0.